The summed E-state index contributed by atoms with van der Waals surface area (Å²) in [4.78, 5) is 18.3. The molecule has 3 heterocycles. The Morgan fingerprint density at radius 2 is 1.81 bits per heavy atom. The minimum Gasteiger partial charge on any atom is -0.368 e. The number of nitrogens with one attached hydrogen (secondary N) is 1. The number of piperidine rings is 1. The maximum atomic E-state index is 5.82. The topological polar surface area (TPSA) is 83.7 Å². The van der Waals surface area contributed by atoms with Crippen LogP contribution in [-0.4, -0.2) is 33.0 Å². The van der Waals surface area contributed by atoms with Gasteiger partial charge in [0.15, 0.2) is 11.5 Å². The molecule has 3 N–H and O–H groups in total. The first kappa shape index (κ1) is 12.9. The fourth-order valence-electron chi connectivity index (χ4n) is 4.06. The summed E-state index contributed by atoms with van der Waals surface area (Å²) >= 11 is 0. The number of anilines is 2. The summed E-state index contributed by atoms with van der Waals surface area (Å²) in [5.74, 6) is 1.23. The lowest BCUT2D eigenvalue weighted by molar-refractivity contribution is 0.144. The Morgan fingerprint density at radius 1 is 1.05 bits per heavy atom. The van der Waals surface area contributed by atoms with Crippen LogP contribution in [0, 0.1) is 5.41 Å². The van der Waals surface area contributed by atoms with Crippen LogP contribution in [0.4, 0.5) is 11.8 Å². The Balaban J connectivity index is 1.58. The highest BCUT2D eigenvalue weighted by atomic mass is 15.2. The van der Waals surface area contributed by atoms with Crippen molar-refractivity contribution < 1.29 is 0 Å². The summed E-state index contributed by atoms with van der Waals surface area (Å²) in [5.41, 5.74) is 7.99. The van der Waals surface area contributed by atoms with Crippen molar-refractivity contribution in [2.24, 2.45) is 5.41 Å². The largest absolute Gasteiger partial charge is 0.368 e. The van der Waals surface area contributed by atoms with Gasteiger partial charge in [-0.3, -0.25) is 0 Å². The molecular formula is C15H22N6. The van der Waals surface area contributed by atoms with Gasteiger partial charge in [0.1, 0.15) is 5.52 Å². The van der Waals surface area contributed by atoms with Crippen LogP contribution in [0.5, 0.6) is 0 Å². The number of aromatic nitrogens is 4. The van der Waals surface area contributed by atoms with Crippen LogP contribution in [0.3, 0.4) is 0 Å². The number of hydrogen-bond acceptors (Lipinski definition) is 5. The highest BCUT2D eigenvalue weighted by Gasteiger charge is 2.36. The first-order valence-electron chi connectivity index (χ1n) is 7.97. The van der Waals surface area contributed by atoms with Gasteiger partial charge in [0.2, 0.25) is 5.95 Å². The maximum Gasteiger partial charge on any atom is 0.224 e. The summed E-state index contributed by atoms with van der Waals surface area (Å²) in [6.45, 7) is 2.12. The Morgan fingerprint density at radius 3 is 2.57 bits per heavy atom. The van der Waals surface area contributed by atoms with E-state index in [4.69, 9.17) is 5.73 Å². The average Bonchev–Trinajstić information content (AvgIpc) is 2.96. The lowest BCUT2D eigenvalue weighted by Crippen LogP contribution is -2.41. The number of nitrogen functional groups attached to an aromatic ring is 1. The van der Waals surface area contributed by atoms with E-state index in [1.165, 1.54) is 44.9 Å². The molecule has 0 aromatic carbocycles. The third kappa shape index (κ3) is 2.22. The molecule has 1 aliphatic carbocycles. The Bertz CT molecular complexity index is 633. The predicted molar refractivity (Wildman–Crippen MR) is 83.1 cm³/mol. The molecule has 0 radical (unpaired) electrons. The summed E-state index contributed by atoms with van der Waals surface area (Å²) in [5, 5.41) is 0. The molecule has 1 saturated carbocycles. The van der Waals surface area contributed by atoms with Crippen molar-refractivity contribution in [3.63, 3.8) is 0 Å². The smallest absolute Gasteiger partial charge is 0.224 e. The molecule has 0 atom stereocenters. The molecule has 2 aliphatic rings. The van der Waals surface area contributed by atoms with Crippen molar-refractivity contribution in [1.82, 2.24) is 19.9 Å². The van der Waals surface area contributed by atoms with Gasteiger partial charge in [0.25, 0.3) is 0 Å². The highest BCUT2D eigenvalue weighted by Crippen LogP contribution is 2.45. The average molecular weight is 286 g/mol. The molecule has 1 saturated heterocycles. The summed E-state index contributed by atoms with van der Waals surface area (Å²) in [6.07, 6.45) is 11.3. The summed E-state index contributed by atoms with van der Waals surface area (Å²) in [7, 11) is 0. The highest BCUT2D eigenvalue weighted by molar-refractivity contribution is 5.84. The van der Waals surface area contributed by atoms with Crippen LogP contribution in [0.15, 0.2) is 6.33 Å². The van der Waals surface area contributed by atoms with Crippen LogP contribution in [0.2, 0.25) is 0 Å². The van der Waals surface area contributed by atoms with Crippen LogP contribution >= 0.6 is 0 Å². The zero-order chi connectivity index (χ0) is 14.3. The van der Waals surface area contributed by atoms with Gasteiger partial charge in [-0.05, 0) is 31.1 Å². The Hall–Kier alpha value is -1.85. The van der Waals surface area contributed by atoms with E-state index in [-0.39, 0.29) is 0 Å². The molecule has 4 rings (SSSR count). The number of nitrogens with zero attached hydrogens (tertiary/aromatic N) is 4. The fraction of sp³-hybridized carbons (Fsp3) is 0.667. The van der Waals surface area contributed by atoms with Crippen molar-refractivity contribution in [3.05, 3.63) is 6.33 Å². The molecule has 2 aromatic heterocycles. The molecule has 0 amide bonds. The second-order valence-electron chi connectivity index (χ2n) is 6.55. The van der Waals surface area contributed by atoms with Gasteiger partial charge in [0, 0.05) is 13.1 Å². The molecule has 21 heavy (non-hydrogen) atoms. The minimum atomic E-state index is 0.308. The second-order valence-corrected chi connectivity index (χ2v) is 6.55. The van der Waals surface area contributed by atoms with E-state index >= 15 is 0 Å². The van der Waals surface area contributed by atoms with Gasteiger partial charge in [-0.1, -0.05) is 19.3 Å². The third-order valence-corrected chi connectivity index (χ3v) is 5.32. The normalized spacial score (nSPS) is 22.0. The quantitative estimate of drug-likeness (QED) is 0.841. The van der Waals surface area contributed by atoms with Gasteiger partial charge in [-0.25, -0.2) is 4.98 Å². The minimum absolute atomic E-state index is 0.308. The van der Waals surface area contributed by atoms with Crippen LogP contribution < -0.4 is 10.6 Å². The number of nitrogens with two attached hydrogens (primary N) is 1. The third-order valence-electron chi connectivity index (χ3n) is 5.32. The molecular weight excluding hydrogens is 264 g/mol. The first-order chi connectivity index (χ1) is 10.3. The van der Waals surface area contributed by atoms with Crippen LogP contribution in [0.1, 0.15) is 44.9 Å². The molecule has 6 nitrogen and oxygen atoms in total. The van der Waals surface area contributed by atoms with Crippen molar-refractivity contribution in [1.29, 1.82) is 0 Å². The van der Waals surface area contributed by atoms with Crippen LogP contribution in [-0.2, 0) is 0 Å². The summed E-state index contributed by atoms with van der Waals surface area (Å²) in [6, 6.07) is 0. The lowest BCUT2D eigenvalue weighted by atomic mass is 9.68. The molecule has 6 heteroatoms. The van der Waals surface area contributed by atoms with E-state index in [9.17, 15) is 0 Å². The SMILES string of the molecule is Nc1nc(N2CCC3(CCCCC3)CC2)c2[nH]cnc2n1. The molecule has 1 aliphatic heterocycles. The van der Waals surface area contributed by atoms with Gasteiger partial charge in [-0.15, -0.1) is 0 Å². The van der Waals surface area contributed by atoms with E-state index in [0.29, 0.717) is 17.0 Å². The molecule has 1 spiro atoms. The predicted octanol–water partition coefficient (Wildman–Crippen LogP) is 2.49. The van der Waals surface area contributed by atoms with Crippen molar-refractivity contribution in [2.75, 3.05) is 23.7 Å². The van der Waals surface area contributed by atoms with Crippen molar-refractivity contribution in [2.45, 2.75) is 44.9 Å². The second kappa shape index (κ2) is 4.86. The maximum absolute atomic E-state index is 5.82. The zero-order valence-electron chi connectivity index (χ0n) is 12.3. The molecule has 2 fully saturated rings. The van der Waals surface area contributed by atoms with Crippen molar-refractivity contribution in [3.8, 4) is 0 Å². The van der Waals surface area contributed by atoms with Gasteiger partial charge in [0.05, 0.1) is 6.33 Å². The van der Waals surface area contributed by atoms with E-state index in [1.54, 1.807) is 6.33 Å². The number of hydrogen-bond donors (Lipinski definition) is 2. The van der Waals surface area contributed by atoms with Gasteiger partial charge in [-0.2, -0.15) is 9.97 Å². The zero-order valence-corrected chi connectivity index (χ0v) is 12.3. The Kier molecular flexibility index (Phi) is 2.97. The number of H-pyrrole nitrogens is 1. The molecule has 0 bridgehead atoms. The summed E-state index contributed by atoms with van der Waals surface area (Å²) < 4.78 is 0. The van der Waals surface area contributed by atoms with E-state index in [2.05, 4.69) is 24.8 Å². The van der Waals surface area contributed by atoms with E-state index < -0.39 is 0 Å². The standard InChI is InChI=1S/C15H22N6/c16-14-19-12-11(17-10-18-12)13(20-14)21-8-6-15(7-9-21)4-2-1-3-5-15/h10H,1-9H2,(H3,16,17,18,19,20). The Labute approximate surface area is 124 Å². The molecule has 2 aromatic rings. The molecule has 0 unspecified atom stereocenters. The number of imidazole rings is 1. The van der Waals surface area contributed by atoms with E-state index in [0.717, 1.165) is 24.4 Å². The number of aromatic amines is 1. The number of fused-ring (bicyclic) bond motifs is 1. The first-order valence-corrected chi connectivity index (χ1v) is 7.97. The van der Waals surface area contributed by atoms with Crippen LogP contribution in [0.25, 0.3) is 11.2 Å². The fourth-order valence-corrected chi connectivity index (χ4v) is 4.06. The monoisotopic (exact) mass is 286 g/mol. The van der Waals surface area contributed by atoms with Gasteiger partial charge < -0.3 is 15.6 Å². The van der Waals surface area contributed by atoms with Crippen molar-refractivity contribution >= 4 is 22.9 Å². The number of rotatable bonds is 1. The van der Waals surface area contributed by atoms with E-state index in [1.807, 2.05) is 0 Å². The molecule has 112 valence electrons. The lowest BCUT2D eigenvalue weighted by Gasteiger charge is -2.44. The van der Waals surface area contributed by atoms with Gasteiger partial charge >= 0.3 is 0 Å².